The van der Waals surface area contributed by atoms with Gasteiger partial charge in [0, 0.05) is 30.0 Å². The van der Waals surface area contributed by atoms with Crippen LogP contribution < -0.4 is 10.6 Å². The van der Waals surface area contributed by atoms with Crippen LogP contribution in [-0.4, -0.2) is 41.0 Å². The van der Waals surface area contributed by atoms with E-state index < -0.39 is 11.9 Å². The number of carboxylic acid groups (broad SMARTS) is 1. The number of amides is 3. The van der Waals surface area contributed by atoms with E-state index in [-0.39, 0.29) is 18.5 Å². The topological polar surface area (TPSA) is 98.7 Å². The van der Waals surface area contributed by atoms with E-state index in [9.17, 15) is 19.5 Å². The lowest BCUT2D eigenvalue weighted by Gasteiger charge is -2.31. The fourth-order valence-corrected chi connectivity index (χ4v) is 3.18. The zero-order chi connectivity index (χ0) is 20.1. The monoisotopic (exact) mass is 381 g/mol. The van der Waals surface area contributed by atoms with E-state index in [1.807, 2.05) is 25.1 Å². The van der Waals surface area contributed by atoms with E-state index in [4.69, 9.17) is 0 Å². The summed E-state index contributed by atoms with van der Waals surface area (Å²) in [5.74, 6) is -1.69. The van der Waals surface area contributed by atoms with Crippen molar-refractivity contribution in [2.75, 3.05) is 23.7 Å². The molecule has 7 heteroatoms. The van der Waals surface area contributed by atoms with Crippen LogP contribution in [0.2, 0.25) is 0 Å². The zero-order valence-corrected chi connectivity index (χ0v) is 15.6. The summed E-state index contributed by atoms with van der Waals surface area (Å²) in [6.45, 7) is 2.54. The molecule has 3 amide bonds. The highest BCUT2D eigenvalue weighted by molar-refractivity contribution is 6.05. The first-order valence-electron chi connectivity index (χ1n) is 9.20. The van der Waals surface area contributed by atoms with Gasteiger partial charge in [-0.1, -0.05) is 24.3 Å². The third-order valence-corrected chi connectivity index (χ3v) is 4.83. The normalized spacial score (nSPS) is 16.3. The molecule has 0 spiro atoms. The summed E-state index contributed by atoms with van der Waals surface area (Å²) in [6.07, 6.45) is 1.23. The number of carboxylic acids is 1. The number of hydrogen-bond acceptors (Lipinski definition) is 3. The maximum absolute atomic E-state index is 12.6. The van der Waals surface area contributed by atoms with Gasteiger partial charge in [0.15, 0.2) is 0 Å². The quantitative estimate of drug-likeness (QED) is 0.754. The molecule has 1 fully saturated rings. The molecule has 3 N–H and O–H groups in total. The van der Waals surface area contributed by atoms with Gasteiger partial charge in [0.25, 0.3) is 5.91 Å². The summed E-state index contributed by atoms with van der Waals surface area (Å²) in [4.78, 5) is 37.8. The Morgan fingerprint density at radius 3 is 2.54 bits per heavy atom. The van der Waals surface area contributed by atoms with Crippen LogP contribution in [0.15, 0.2) is 48.5 Å². The van der Waals surface area contributed by atoms with Crippen LogP contribution in [0.25, 0.3) is 0 Å². The second-order valence-corrected chi connectivity index (χ2v) is 6.90. The molecule has 0 saturated carbocycles. The lowest BCUT2D eigenvalue weighted by atomic mass is 9.99. The van der Waals surface area contributed by atoms with Crippen LogP contribution in [0.3, 0.4) is 0 Å². The second-order valence-electron chi connectivity index (χ2n) is 6.90. The number of nitrogens with zero attached hydrogens (tertiary/aromatic N) is 1. The minimum absolute atomic E-state index is 0.189. The fourth-order valence-electron chi connectivity index (χ4n) is 3.18. The number of aliphatic carboxylic acids is 1. The second kappa shape index (κ2) is 8.56. The standard InChI is InChI=1S/C21H23N3O4/c1-14-9-10-15(19(25)22-17-7-3-2-4-8-17)12-18(14)23-21(28)24-11-5-6-16(13-24)20(26)27/h2-4,7-10,12,16H,5-6,11,13H2,1H3,(H,22,25)(H,23,28)(H,26,27). The Kier molecular flexibility index (Phi) is 5.93. The Bertz CT molecular complexity index is 882. The Hall–Kier alpha value is -3.35. The molecule has 1 unspecified atom stereocenters. The van der Waals surface area contributed by atoms with Crippen LogP contribution in [0.1, 0.15) is 28.8 Å². The van der Waals surface area contributed by atoms with Gasteiger partial charge in [0.2, 0.25) is 0 Å². The van der Waals surface area contributed by atoms with Gasteiger partial charge >= 0.3 is 12.0 Å². The predicted molar refractivity (Wildman–Crippen MR) is 107 cm³/mol. The first kappa shape index (κ1) is 19.4. The molecule has 1 aliphatic heterocycles. The highest BCUT2D eigenvalue weighted by atomic mass is 16.4. The van der Waals surface area contributed by atoms with Crippen LogP contribution in [0, 0.1) is 12.8 Å². The van der Waals surface area contributed by atoms with Crippen molar-refractivity contribution in [1.82, 2.24) is 4.90 Å². The number of urea groups is 1. The average Bonchev–Trinajstić information content (AvgIpc) is 2.70. The third-order valence-electron chi connectivity index (χ3n) is 4.83. The molecule has 0 aromatic heterocycles. The maximum Gasteiger partial charge on any atom is 0.321 e. The van der Waals surface area contributed by atoms with Gasteiger partial charge in [0.05, 0.1) is 5.92 Å². The molecule has 0 radical (unpaired) electrons. The number of nitrogens with one attached hydrogen (secondary N) is 2. The summed E-state index contributed by atoms with van der Waals surface area (Å²) in [6, 6.07) is 13.9. The summed E-state index contributed by atoms with van der Waals surface area (Å²) in [5, 5.41) is 14.8. The molecule has 1 aliphatic rings. The number of likely N-dealkylation sites (tertiary alicyclic amines) is 1. The van der Waals surface area contributed by atoms with Crippen molar-refractivity contribution in [3.63, 3.8) is 0 Å². The van der Waals surface area contributed by atoms with E-state index in [0.717, 1.165) is 5.56 Å². The van der Waals surface area contributed by atoms with Gasteiger partial charge in [0.1, 0.15) is 0 Å². The van der Waals surface area contributed by atoms with E-state index in [0.29, 0.717) is 36.3 Å². The Morgan fingerprint density at radius 1 is 1.07 bits per heavy atom. The molecule has 7 nitrogen and oxygen atoms in total. The van der Waals surface area contributed by atoms with E-state index >= 15 is 0 Å². The maximum atomic E-state index is 12.6. The molecule has 1 saturated heterocycles. The third kappa shape index (κ3) is 4.68. The summed E-state index contributed by atoms with van der Waals surface area (Å²) in [7, 11) is 0. The van der Waals surface area contributed by atoms with Gasteiger partial charge in [-0.15, -0.1) is 0 Å². The molecule has 2 aromatic carbocycles. The van der Waals surface area contributed by atoms with Gasteiger partial charge in [-0.25, -0.2) is 4.79 Å². The van der Waals surface area contributed by atoms with Gasteiger partial charge < -0.3 is 20.6 Å². The summed E-state index contributed by atoms with van der Waals surface area (Å²) >= 11 is 0. The average molecular weight is 381 g/mol. The molecule has 1 heterocycles. The van der Waals surface area contributed by atoms with Crippen LogP contribution in [0.5, 0.6) is 0 Å². The van der Waals surface area contributed by atoms with Gasteiger partial charge in [-0.2, -0.15) is 0 Å². The molecular formula is C21H23N3O4. The van der Waals surface area contributed by atoms with E-state index in [2.05, 4.69) is 10.6 Å². The largest absolute Gasteiger partial charge is 0.481 e. The smallest absolute Gasteiger partial charge is 0.321 e. The van der Waals surface area contributed by atoms with Crippen molar-refractivity contribution in [3.8, 4) is 0 Å². The lowest BCUT2D eigenvalue weighted by molar-refractivity contribution is -0.143. The SMILES string of the molecule is Cc1ccc(C(=O)Nc2ccccc2)cc1NC(=O)N1CCCC(C(=O)O)C1. The molecular weight excluding hydrogens is 358 g/mol. The van der Waals surface area contributed by atoms with Crippen molar-refractivity contribution in [1.29, 1.82) is 0 Å². The van der Waals surface area contributed by atoms with Crippen molar-refractivity contribution in [2.45, 2.75) is 19.8 Å². The number of hydrogen-bond donors (Lipinski definition) is 3. The molecule has 1 atom stereocenters. The number of anilines is 2. The zero-order valence-electron chi connectivity index (χ0n) is 15.6. The highest BCUT2D eigenvalue weighted by Gasteiger charge is 2.28. The van der Waals surface area contributed by atoms with Gasteiger partial charge in [-0.05, 0) is 49.6 Å². The molecule has 0 aliphatic carbocycles. The summed E-state index contributed by atoms with van der Waals surface area (Å²) < 4.78 is 0. The Labute approximate surface area is 163 Å². The molecule has 28 heavy (non-hydrogen) atoms. The van der Waals surface area contributed by atoms with E-state index in [1.165, 1.54) is 4.90 Å². The first-order valence-corrected chi connectivity index (χ1v) is 9.20. The number of carbonyl (C=O) groups excluding carboxylic acids is 2. The molecule has 0 bridgehead atoms. The first-order chi connectivity index (χ1) is 13.4. The van der Waals surface area contributed by atoms with Crippen LogP contribution in [0.4, 0.5) is 16.2 Å². The van der Waals surface area contributed by atoms with Crippen molar-refractivity contribution in [3.05, 3.63) is 59.7 Å². The Morgan fingerprint density at radius 2 is 1.82 bits per heavy atom. The molecule has 146 valence electrons. The van der Waals surface area contributed by atoms with Crippen molar-refractivity contribution >= 4 is 29.3 Å². The number of para-hydroxylation sites is 1. The minimum atomic E-state index is -0.881. The summed E-state index contributed by atoms with van der Waals surface area (Å²) in [5.41, 5.74) is 2.46. The Balaban J connectivity index is 1.70. The predicted octanol–water partition coefficient (Wildman–Crippen LogP) is 3.58. The molecule has 2 aromatic rings. The number of piperidine rings is 1. The fraction of sp³-hybridized carbons (Fsp3) is 0.286. The lowest BCUT2D eigenvalue weighted by Crippen LogP contribution is -2.44. The van der Waals surface area contributed by atoms with Crippen LogP contribution >= 0.6 is 0 Å². The van der Waals surface area contributed by atoms with E-state index in [1.54, 1.807) is 30.3 Å². The van der Waals surface area contributed by atoms with Crippen molar-refractivity contribution in [2.24, 2.45) is 5.92 Å². The number of rotatable bonds is 4. The number of aryl methyl sites for hydroxylation is 1. The number of carbonyl (C=O) groups is 3. The minimum Gasteiger partial charge on any atom is -0.481 e. The highest BCUT2D eigenvalue weighted by Crippen LogP contribution is 2.21. The number of benzene rings is 2. The van der Waals surface area contributed by atoms with Gasteiger partial charge in [-0.3, -0.25) is 9.59 Å². The molecule has 3 rings (SSSR count). The van der Waals surface area contributed by atoms with Crippen molar-refractivity contribution < 1.29 is 19.5 Å². The van der Waals surface area contributed by atoms with Crippen LogP contribution in [-0.2, 0) is 4.79 Å².